The monoisotopic (exact) mass is 228 g/mol. The first-order valence-corrected chi connectivity index (χ1v) is 5.85. The van der Waals surface area contributed by atoms with Gasteiger partial charge in [0, 0.05) is 5.92 Å². The molecule has 0 saturated carbocycles. The smallest absolute Gasteiger partial charge is 0.309 e. The van der Waals surface area contributed by atoms with Crippen LogP contribution in [0.4, 0.5) is 0 Å². The molecule has 0 aromatic rings. The van der Waals surface area contributed by atoms with Gasteiger partial charge in [-0.25, -0.2) is 0 Å². The van der Waals surface area contributed by atoms with Crippen LogP contribution in [0, 0.1) is 17.8 Å². The van der Waals surface area contributed by atoms with Gasteiger partial charge in [-0.15, -0.1) is 0 Å². The quantitative estimate of drug-likeness (QED) is 0.537. The predicted molar refractivity (Wildman–Crippen MR) is 64.0 cm³/mol. The molecule has 0 aliphatic rings. The third-order valence-corrected chi connectivity index (χ3v) is 2.34. The Bertz CT molecular complexity index is 238. The van der Waals surface area contributed by atoms with Crippen LogP contribution in [-0.2, 0) is 14.3 Å². The molecular formula is C13H24O3. The largest absolute Gasteiger partial charge is 0.460 e. The van der Waals surface area contributed by atoms with E-state index in [0.717, 1.165) is 12.7 Å². The zero-order chi connectivity index (χ0) is 12.9. The van der Waals surface area contributed by atoms with E-state index in [4.69, 9.17) is 4.74 Å². The molecule has 0 N–H and O–H groups in total. The molecule has 0 rings (SSSR count). The highest BCUT2D eigenvalue weighted by atomic mass is 16.6. The van der Waals surface area contributed by atoms with Gasteiger partial charge in [0.2, 0.25) is 0 Å². The van der Waals surface area contributed by atoms with Crippen molar-refractivity contribution < 1.29 is 14.3 Å². The molecule has 2 atom stereocenters. The Kier molecular flexibility index (Phi) is 5.70. The van der Waals surface area contributed by atoms with E-state index < -0.39 is 5.60 Å². The fourth-order valence-electron chi connectivity index (χ4n) is 1.49. The van der Waals surface area contributed by atoms with Gasteiger partial charge in [-0.1, -0.05) is 20.8 Å². The SMILES string of the molecule is CC(C)C[C@@H](C=O)[C@H](C)C(=O)OC(C)(C)C. The van der Waals surface area contributed by atoms with Gasteiger partial charge in [-0.2, -0.15) is 0 Å². The Morgan fingerprint density at radius 2 is 1.75 bits per heavy atom. The van der Waals surface area contributed by atoms with Gasteiger partial charge in [-0.3, -0.25) is 4.79 Å². The summed E-state index contributed by atoms with van der Waals surface area (Å²) in [7, 11) is 0. The van der Waals surface area contributed by atoms with Crippen LogP contribution in [-0.4, -0.2) is 17.9 Å². The van der Waals surface area contributed by atoms with Crippen LogP contribution in [0.3, 0.4) is 0 Å². The van der Waals surface area contributed by atoms with Gasteiger partial charge in [0.1, 0.15) is 11.9 Å². The Morgan fingerprint density at radius 1 is 1.25 bits per heavy atom. The lowest BCUT2D eigenvalue weighted by Crippen LogP contribution is -2.32. The Labute approximate surface area is 98.6 Å². The van der Waals surface area contributed by atoms with Crippen LogP contribution in [0.25, 0.3) is 0 Å². The molecule has 3 nitrogen and oxygen atoms in total. The van der Waals surface area contributed by atoms with E-state index in [0.29, 0.717) is 5.92 Å². The van der Waals surface area contributed by atoms with E-state index in [1.54, 1.807) is 6.92 Å². The van der Waals surface area contributed by atoms with E-state index >= 15 is 0 Å². The second kappa shape index (κ2) is 6.02. The molecular weight excluding hydrogens is 204 g/mol. The highest BCUT2D eigenvalue weighted by Crippen LogP contribution is 2.21. The number of carbonyl (C=O) groups is 2. The summed E-state index contributed by atoms with van der Waals surface area (Å²) in [4.78, 5) is 22.7. The number of ether oxygens (including phenoxy) is 1. The van der Waals surface area contributed by atoms with Crippen molar-refractivity contribution in [2.75, 3.05) is 0 Å². The van der Waals surface area contributed by atoms with Crippen molar-refractivity contribution in [3.8, 4) is 0 Å². The maximum absolute atomic E-state index is 11.8. The molecule has 0 aromatic heterocycles. The molecule has 16 heavy (non-hydrogen) atoms. The number of hydrogen-bond donors (Lipinski definition) is 0. The normalized spacial score (nSPS) is 15.7. The molecule has 0 spiro atoms. The molecule has 0 unspecified atom stereocenters. The predicted octanol–water partition coefficient (Wildman–Crippen LogP) is 2.83. The average Bonchev–Trinajstić information content (AvgIpc) is 2.09. The van der Waals surface area contributed by atoms with Crippen LogP contribution >= 0.6 is 0 Å². The van der Waals surface area contributed by atoms with E-state index in [2.05, 4.69) is 0 Å². The lowest BCUT2D eigenvalue weighted by molar-refractivity contribution is -0.162. The molecule has 94 valence electrons. The minimum Gasteiger partial charge on any atom is -0.460 e. The Balaban J connectivity index is 4.44. The molecule has 0 aliphatic heterocycles. The summed E-state index contributed by atoms with van der Waals surface area (Å²) in [5, 5.41) is 0. The van der Waals surface area contributed by atoms with Crippen molar-refractivity contribution in [3.63, 3.8) is 0 Å². The molecule has 0 radical (unpaired) electrons. The van der Waals surface area contributed by atoms with E-state index in [1.807, 2.05) is 34.6 Å². The first-order valence-electron chi connectivity index (χ1n) is 5.85. The number of aldehydes is 1. The molecule has 0 aliphatic carbocycles. The van der Waals surface area contributed by atoms with Crippen molar-refractivity contribution in [3.05, 3.63) is 0 Å². The standard InChI is InChI=1S/C13H24O3/c1-9(2)7-11(8-14)10(3)12(15)16-13(4,5)6/h8-11H,7H2,1-6H3/t10-,11-/m0/s1. The highest BCUT2D eigenvalue weighted by molar-refractivity contribution is 5.76. The lowest BCUT2D eigenvalue weighted by atomic mass is 9.87. The van der Waals surface area contributed by atoms with Crippen molar-refractivity contribution >= 4 is 12.3 Å². The fraction of sp³-hybridized carbons (Fsp3) is 0.846. The van der Waals surface area contributed by atoms with Gasteiger partial charge in [0.25, 0.3) is 0 Å². The minimum atomic E-state index is -0.489. The average molecular weight is 228 g/mol. The summed E-state index contributed by atoms with van der Waals surface area (Å²) in [6.45, 7) is 11.3. The van der Waals surface area contributed by atoms with Crippen LogP contribution in [0.1, 0.15) is 48.0 Å². The molecule has 0 fully saturated rings. The van der Waals surface area contributed by atoms with Crippen molar-refractivity contribution in [1.82, 2.24) is 0 Å². The molecule has 0 amide bonds. The van der Waals surface area contributed by atoms with Crippen molar-refractivity contribution in [1.29, 1.82) is 0 Å². The van der Waals surface area contributed by atoms with Crippen LogP contribution in [0.2, 0.25) is 0 Å². The highest BCUT2D eigenvalue weighted by Gasteiger charge is 2.28. The summed E-state index contributed by atoms with van der Waals surface area (Å²) < 4.78 is 5.27. The van der Waals surface area contributed by atoms with Gasteiger partial charge >= 0.3 is 5.97 Å². The molecule has 0 saturated heterocycles. The molecule has 0 aromatic carbocycles. The topological polar surface area (TPSA) is 43.4 Å². The molecule has 0 bridgehead atoms. The Hall–Kier alpha value is -0.860. The van der Waals surface area contributed by atoms with Gasteiger partial charge in [-0.05, 0) is 33.1 Å². The van der Waals surface area contributed by atoms with E-state index in [-0.39, 0.29) is 17.8 Å². The second-order valence-corrected chi connectivity index (χ2v) is 5.75. The third-order valence-electron chi connectivity index (χ3n) is 2.34. The Morgan fingerprint density at radius 3 is 2.06 bits per heavy atom. The number of hydrogen-bond acceptors (Lipinski definition) is 3. The third kappa shape index (κ3) is 5.89. The fourth-order valence-corrected chi connectivity index (χ4v) is 1.49. The summed E-state index contributed by atoms with van der Waals surface area (Å²) in [5.74, 6) is -0.487. The van der Waals surface area contributed by atoms with Crippen molar-refractivity contribution in [2.45, 2.75) is 53.6 Å². The summed E-state index contributed by atoms with van der Waals surface area (Å²) in [6, 6.07) is 0. The first kappa shape index (κ1) is 15.1. The molecule has 3 heteroatoms. The second-order valence-electron chi connectivity index (χ2n) is 5.75. The maximum atomic E-state index is 11.8. The van der Waals surface area contributed by atoms with Crippen LogP contribution in [0.15, 0.2) is 0 Å². The van der Waals surface area contributed by atoms with Crippen molar-refractivity contribution in [2.24, 2.45) is 17.8 Å². The van der Waals surface area contributed by atoms with E-state index in [1.165, 1.54) is 0 Å². The zero-order valence-corrected chi connectivity index (χ0v) is 11.2. The van der Waals surface area contributed by atoms with E-state index in [9.17, 15) is 9.59 Å². The summed E-state index contributed by atoms with van der Waals surface area (Å²) >= 11 is 0. The maximum Gasteiger partial charge on any atom is 0.309 e. The van der Waals surface area contributed by atoms with Crippen LogP contribution in [0.5, 0.6) is 0 Å². The van der Waals surface area contributed by atoms with Crippen LogP contribution < -0.4 is 0 Å². The molecule has 0 heterocycles. The van der Waals surface area contributed by atoms with Gasteiger partial charge in [0.05, 0.1) is 5.92 Å². The summed E-state index contributed by atoms with van der Waals surface area (Å²) in [5.41, 5.74) is -0.489. The van der Waals surface area contributed by atoms with Gasteiger partial charge in [0.15, 0.2) is 0 Å². The lowest BCUT2D eigenvalue weighted by Gasteiger charge is -2.25. The van der Waals surface area contributed by atoms with Gasteiger partial charge < -0.3 is 9.53 Å². The summed E-state index contributed by atoms with van der Waals surface area (Å²) in [6.07, 6.45) is 1.60. The minimum absolute atomic E-state index is 0.241. The number of carbonyl (C=O) groups excluding carboxylic acids is 2. The number of esters is 1. The number of rotatable bonds is 5. The zero-order valence-electron chi connectivity index (χ0n) is 11.2. The first-order chi connectivity index (χ1) is 7.17.